The molecule has 128 valence electrons. The van der Waals surface area contributed by atoms with Gasteiger partial charge in [0, 0.05) is 11.9 Å². The minimum atomic E-state index is -4.32. The van der Waals surface area contributed by atoms with Crippen molar-refractivity contribution in [2.24, 2.45) is 0 Å². The summed E-state index contributed by atoms with van der Waals surface area (Å²) < 4.78 is 35.3. The monoisotopic (exact) mass is 353 g/mol. The summed E-state index contributed by atoms with van der Waals surface area (Å²) in [6.45, 7) is 1.67. The van der Waals surface area contributed by atoms with E-state index in [-0.39, 0.29) is 29.3 Å². The highest BCUT2D eigenvalue weighted by Crippen LogP contribution is 2.14. The summed E-state index contributed by atoms with van der Waals surface area (Å²) in [7, 11) is -4.32. The minimum Gasteiger partial charge on any atom is -0.465 e. The standard InChI is InChI=1S/C14H15N3O6S/c1-2-23-13(18)9-16-8-10(7-15)14(19)17-11-3-5-12(6-4-11)24(20,21)22/h3-6,8,16H,2,9H2,1H3,(H,17,19)(H,20,21,22)/b10-8-. The van der Waals surface area contributed by atoms with E-state index in [1.807, 2.05) is 0 Å². The van der Waals surface area contributed by atoms with Crippen LogP contribution in [0.2, 0.25) is 0 Å². The largest absolute Gasteiger partial charge is 0.465 e. The Bertz CT molecular complexity index is 778. The maximum Gasteiger partial charge on any atom is 0.325 e. The summed E-state index contributed by atoms with van der Waals surface area (Å²) in [6.07, 6.45) is 1.07. The third kappa shape index (κ3) is 6.07. The number of nitrogens with zero attached hydrogens (tertiary/aromatic N) is 1. The van der Waals surface area contributed by atoms with Crippen molar-refractivity contribution in [3.63, 3.8) is 0 Å². The van der Waals surface area contributed by atoms with Crippen molar-refractivity contribution in [1.82, 2.24) is 5.32 Å². The van der Waals surface area contributed by atoms with Gasteiger partial charge >= 0.3 is 5.97 Å². The van der Waals surface area contributed by atoms with E-state index in [4.69, 9.17) is 9.81 Å². The molecule has 9 nitrogen and oxygen atoms in total. The van der Waals surface area contributed by atoms with Crippen molar-refractivity contribution in [1.29, 1.82) is 5.26 Å². The third-order valence-electron chi connectivity index (χ3n) is 2.57. The van der Waals surface area contributed by atoms with Crippen LogP contribution in [0.3, 0.4) is 0 Å². The van der Waals surface area contributed by atoms with Gasteiger partial charge in [-0.1, -0.05) is 0 Å². The SMILES string of the molecule is CCOC(=O)CN/C=C(/C#N)C(=O)Nc1ccc(S(=O)(=O)O)cc1. The van der Waals surface area contributed by atoms with E-state index in [0.29, 0.717) is 0 Å². The maximum atomic E-state index is 11.9. The lowest BCUT2D eigenvalue weighted by atomic mass is 10.2. The average Bonchev–Trinajstić information content (AvgIpc) is 2.51. The second-order valence-corrected chi connectivity index (χ2v) is 5.73. The minimum absolute atomic E-state index is 0.199. The van der Waals surface area contributed by atoms with Gasteiger partial charge in [0.2, 0.25) is 0 Å². The lowest BCUT2D eigenvalue weighted by Gasteiger charge is -2.06. The molecule has 0 spiro atoms. The Balaban J connectivity index is 2.71. The number of anilines is 1. The smallest absolute Gasteiger partial charge is 0.325 e. The Morgan fingerprint density at radius 1 is 1.33 bits per heavy atom. The van der Waals surface area contributed by atoms with Crippen LogP contribution in [0.25, 0.3) is 0 Å². The zero-order chi connectivity index (χ0) is 18.2. The van der Waals surface area contributed by atoms with Crippen molar-refractivity contribution in [3.05, 3.63) is 36.0 Å². The van der Waals surface area contributed by atoms with Crippen molar-refractivity contribution < 1.29 is 27.3 Å². The molecule has 24 heavy (non-hydrogen) atoms. The van der Waals surface area contributed by atoms with E-state index >= 15 is 0 Å². The fourth-order valence-electron chi connectivity index (χ4n) is 1.51. The van der Waals surface area contributed by atoms with Crippen LogP contribution < -0.4 is 10.6 Å². The van der Waals surface area contributed by atoms with Gasteiger partial charge in [0.15, 0.2) is 0 Å². The Labute approximate surface area is 138 Å². The van der Waals surface area contributed by atoms with Crippen molar-refractivity contribution in [2.75, 3.05) is 18.5 Å². The quantitative estimate of drug-likeness (QED) is 0.277. The molecule has 10 heteroatoms. The second-order valence-electron chi connectivity index (χ2n) is 4.31. The van der Waals surface area contributed by atoms with Gasteiger partial charge in [-0.25, -0.2) is 0 Å². The van der Waals surface area contributed by atoms with E-state index in [1.165, 1.54) is 12.1 Å². The molecule has 0 unspecified atom stereocenters. The van der Waals surface area contributed by atoms with Gasteiger partial charge in [0.05, 0.1) is 11.5 Å². The summed E-state index contributed by atoms with van der Waals surface area (Å²) in [4.78, 5) is 22.7. The van der Waals surface area contributed by atoms with E-state index < -0.39 is 22.0 Å². The molecule has 0 aliphatic rings. The number of esters is 1. The predicted octanol–water partition coefficient (Wildman–Crippen LogP) is 0.432. The molecule has 0 aliphatic heterocycles. The van der Waals surface area contributed by atoms with Gasteiger partial charge < -0.3 is 15.4 Å². The Morgan fingerprint density at radius 2 is 1.96 bits per heavy atom. The molecular formula is C14H15N3O6S. The maximum absolute atomic E-state index is 11.9. The van der Waals surface area contributed by atoms with E-state index in [1.54, 1.807) is 13.0 Å². The highest BCUT2D eigenvalue weighted by molar-refractivity contribution is 7.85. The van der Waals surface area contributed by atoms with Gasteiger partial charge in [-0.2, -0.15) is 13.7 Å². The molecule has 0 fully saturated rings. The summed E-state index contributed by atoms with van der Waals surface area (Å²) in [5, 5.41) is 13.8. The molecule has 1 amide bonds. The molecular weight excluding hydrogens is 338 g/mol. The molecule has 1 aromatic carbocycles. The first kappa shape index (κ1) is 19.1. The predicted molar refractivity (Wildman–Crippen MR) is 83.2 cm³/mol. The summed E-state index contributed by atoms with van der Waals surface area (Å²) >= 11 is 0. The molecule has 0 saturated carbocycles. The highest BCUT2D eigenvalue weighted by atomic mass is 32.2. The molecule has 1 aromatic rings. The zero-order valence-electron chi connectivity index (χ0n) is 12.6. The third-order valence-corrected chi connectivity index (χ3v) is 3.44. The topological polar surface area (TPSA) is 146 Å². The lowest BCUT2D eigenvalue weighted by Crippen LogP contribution is -2.22. The fourth-order valence-corrected chi connectivity index (χ4v) is 1.99. The Kier molecular flexibility index (Phi) is 6.91. The number of hydrogen-bond donors (Lipinski definition) is 3. The average molecular weight is 353 g/mol. The number of nitrogens with one attached hydrogen (secondary N) is 2. The van der Waals surface area contributed by atoms with E-state index in [0.717, 1.165) is 18.3 Å². The molecule has 0 aromatic heterocycles. The van der Waals surface area contributed by atoms with Crippen LogP contribution in [0.4, 0.5) is 5.69 Å². The number of carbonyl (C=O) groups excluding carboxylic acids is 2. The summed E-state index contributed by atoms with van der Waals surface area (Å²) in [5.41, 5.74) is -0.0721. The molecule has 0 bridgehead atoms. The van der Waals surface area contributed by atoms with Crippen LogP contribution >= 0.6 is 0 Å². The summed E-state index contributed by atoms with van der Waals surface area (Å²) in [6, 6.07) is 6.36. The lowest BCUT2D eigenvalue weighted by molar-refractivity contribution is -0.141. The number of amides is 1. The number of hydrogen-bond acceptors (Lipinski definition) is 7. The van der Waals surface area contributed by atoms with Crippen LogP contribution in [-0.4, -0.2) is 38.0 Å². The molecule has 3 N–H and O–H groups in total. The number of carbonyl (C=O) groups is 2. The van der Waals surface area contributed by atoms with Crippen molar-refractivity contribution >= 4 is 27.7 Å². The molecule has 0 atom stereocenters. The first-order valence-electron chi connectivity index (χ1n) is 6.66. The van der Waals surface area contributed by atoms with Crippen LogP contribution in [0.5, 0.6) is 0 Å². The molecule has 0 heterocycles. The molecule has 1 rings (SSSR count). The van der Waals surface area contributed by atoms with E-state index in [9.17, 15) is 18.0 Å². The molecule has 0 saturated heterocycles. The van der Waals surface area contributed by atoms with Crippen LogP contribution in [0.1, 0.15) is 6.92 Å². The van der Waals surface area contributed by atoms with Crippen molar-refractivity contribution in [3.8, 4) is 6.07 Å². The van der Waals surface area contributed by atoms with Gasteiger partial charge in [0.25, 0.3) is 16.0 Å². The van der Waals surface area contributed by atoms with Gasteiger partial charge in [-0.3, -0.25) is 14.1 Å². The van der Waals surface area contributed by atoms with Gasteiger partial charge in [-0.15, -0.1) is 0 Å². The van der Waals surface area contributed by atoms with Crippen LogP contribution in [0.15, 0.2) is 40.9 Å². The molecule has 0 aliphatic carbocycles. The second kappa shape index (κ2) is 8.66. The number of ether oxygens (including phenoxy) is 1. The first-order valence-corrected chi connectivity index (χ1v) is 8.10. The van der Waals surface area contributed by atoms with Gasteiger partial charge in [0.1, 0.15) is 18.2 Å². The van der Waals surface area contributed by atoms with Crippen LogP contribution in [-0.2, 0) is 24.4 Å². The Morgan fingerprint density at radius 3 is 2.46 bits per heavy atom. The zero-order valence-corrected chi connectivity index (χ0v) is 13.5. The number of rotatable bonds is 7. The number of nitriles is 1. The fraction of sp³-hybridized carbons (Fsp3) is 0.214. The molecule has 0 radical (unpaired) electrons. The highest BCUT2D eigenvalue weighted by Gasteiger charge is 2.12. The first-order chi connectivity index (χ1) is 11.3. The summed E-state index contributed by atoms with van der Waals surface area (Å²) in [5.74, 6) is -1.29. The number of benzene rings is 1. The van der Waals surface area contributed by atoms with E-state index in [2.05, 4.69) is 15.4 Å². The van der Waals surface area contributed by atoms with Gasteiger partial charge in [-0.05, 0) is 31.2 Å². The Hall–Kier alpha value is -2.90. The van der Waals surface area contributed by atoms with Crippen molar-refractivity contribution in [2.45, 2.75) is 11.8 Å². The normalized spacial score (nSPS) is 11.3. The van der Waals surface area contributed by atoms with Crippen LogP contribution in [0, 0.1) is 11.3 Å².